The normalized spacial score (nSPS) is 24.4. The SMILES string of the molecule is CC1(C)CC(C)(C)c2cc(-c3[c-]cccc3)ncc21.[2H]C([2H])([2H])c1cnc(-c2[c-]ccc3c2oc2nc4c(cc23)C([2H])([2H])C2(C([2H])([2H])c3ccccc3C2([2H])[2H])C4([2H])[2H])cc1C([2H])([2H])C(C)(C)C.[Ir]. The second kappa shape index (κ2) is 13.9. The van der Waals surface area contributed by atoms with Crippen molar-refractivity contribution in [3.8, 4) is 22.5 Å². The van der Waals surface area contributed by atoms with Crippen LogP contribution in [-0.2, 0) is 62.8 Å². The second-order valence-corrected chi connectivity index (χ2v) is 17.1. The van der Waals surface area contributed by atoms with Gasteiger partial charge in [-0.05, 0) is 118 Å². The number of fused-ring (bicyclic) bond motifs is 6. The van der Waals surface area contributed by atoms with Crippen molar-refractivity contribution in [3.05, 3.63) is 148 Å². The Hall–Kier alpha value is -4.44. The fourth-order valence-corrected chi connectivity index (χ4v) is 8.37. The Kier molecular flexibility index (Phi) is 6.38. The van der Waals surface area contributed by atoms with Crippen molar-refractivity contribution in [2.75, 3.05) is 0 Å². The average Bonchev–Trinajstić information content (AvgIpc) is 3.81. The minimum Gasteiger partial charge on any atom is -0.486 e. The van der Waals surface area contributed by atoms with E-state index in [-0.39, 0.29) is 86.7 Å². The molecule has 56 heavy (non-hydrogen) atoms. The van der Waals surface area contributed by atoms with Crippen LogP contribution in [0.4, 0.5) is 0 Å². The quantitative estimate of drug-likeness (QED) is 0.166. The summed E-state index contributed by atoms with van der Waals surface area (Å²) in [5.74, 6) is 0. The number of hydrogen-bond acceptors (Lipinski definition) is 4. The molecule has 0 saturated carbocycles. The third kappa shape index (κ3) is 6.96. The van der Waals surface area contributed by atoms with Gasteiger partial charge in [-0.2, -0.15) is 0 Å². The van der Waals surface area contributed by atoms with Gasteiger partial charge in [0, 0.05) is 61.4 Å². The molecule has 3 aliphatic carbocycles. The van der Waals surface area contributed by atoms with Crippen LogP contribution >= 0.6 is 0 Å². The third-order valence-electron chi connectivity index (χ3n) is 10.5. The van der Waals surface area contributed by atoms with Gasteiger partial charge < -0.3 is 14.4 Å². The van der Waals surface area contributed by atoms with Crippen LogP contribution in [0.25, 0.3) is 44.6 Å². The molecular weight excluding hydrogens is 863 g/mol. The molecule has 0 amide bonds. The van der Waals surface area contributed by atoms with Gasteiger partial charge >= 0.3 is 0 Å². The summed E-state index contributed by atoms with van der Waals surface area (Å²) < 4.78 is 122. The van der Waals surface area contributed by atoms with Gasteiger partial charge in [0.2, 0.25) is 5.71 Å². The molecule has 4 aromatic heterocycles. The summed E-state index contributed by atoms with van der Waals surface area (Å²) in [6.07, 6.45) is -9.20. The zero-order valence-corrected chi connectivity index (χ0v) is 34.8. The van der Waals surface area contributed by atoms with Crippen molar-refractivity contribution in [2.24, 2.45) is 10.8 Å². The number of aryl methyl sites for hydroxylation is 1. The van der Waals surface area contributed by atoms with Gasteiger partial charge in [0.1, 0.15) is 0 Å². The number of pyridine rings is 3. The minimum absolute atomic E-state index is 0. The Balaban J connectivity index is 0.000000268. The molecule has 4 nitrogen and oxygen atoms in total. The smallest absolute Gasteiger partial charge is 0.216 e. The van der Waals surface area contributed by atoms with E-state index in [0.717, 1.165) is 17.5 Å². The molecule has 0 atom stereocenters. The third-order valence-corrected chi connectivity index (χ3v) is 10.5. The molecular formula is C51H51IrN3O-2. The first-order valence-corrected chi connectivity index (χ1v) is 18.7. The Morgan fingerprint density at radius 1 is 0.786 bits per heavy atom. The monoisotopic (exact) mass is 927 g/mol. The van der Waals surface area contributed by atoms with Crippen LogP contribution in [0.15, 0.2) is 95.7 Å². The molecule has 0 fully saturated rings. The van der Waals surface area contributed by atoms with Crippen molar-refractivity contribution in [1.82, 2.24) is 15.0 Å². The van der Waals surface area contributed by atoms with Gasteiger partial charge in [0.15, 0.2) is 0 Å². The van der Waals surface area contributed by atoms with E-state index >= 15 is 0 Å². The maximum absolute atomic E-state index is 9.35. The summed E-state index contributed by atoms with van der Waals surface area (Å²) >= 11 is 0. The van der Waals surface area contributed by atoms with Crippen molar-refractivity contribution in [1.29, 1.82) is 0 Å². The molecule has 3 aliphatic rings. The molecule has 0 saturated heterocycles. The number of rotatable bonds is 3. The fraction of sp³-hybridized carbons (Fsp3) is 0.353. The summed E-state index contributed by atoms with van der Waals surface area (Å²) in [6.45, 7) is 11.6. The van der Waals surface area contributed by atoms with E-state index in [9.17, 15) is 5.48 Å². The molecule has 3 aromatic carbocycles. The molecule has 0 aliphatic heterocycles. The van der Waals surface area contributed by atoms with Crippen molar-refractivity contribution in [2.45, 2.75) is 104 Å². The molecule has 0 N–H and O–H groups in total. The van der Waals surface area contributed by atoms with E-state index < -0.39 is 55.2 Å². The molecule has 287 valence electrons. The Morgan fingerprint density at radius 3 is 2.21 bits per heavy atom. The maximum Gasteiger partial charge on any atom is 0.216 e. The fourth-order valence-electron chi connectivity index (χ4n) is 8.37. The summed E-state index contributed by atoms with van der Waals surface area (Å²) in [5.41, 5.74) is 0.605. The van der Waals surface area contributed by atoms with Crippen LogP contribution in [0.5, 0.6) is 0 Å². The number of benzene rings is 3. The van der Waals surface area contributed by atoms with Crippen LogP contribution in [0.1, 0.15) is 117 Å². The van der Waals surface area contributed by atoms with Crippen molar-refractivity contribution >= 4 is 22.1 Å². The first kappa shape index (κ1) is 25.7. The molecule has 10 rings (SSSR count). The van der Waals surface area contributed by atoms with Crippen LogP contribution in [0.3, 0.4) is 0 Å². The Labute approximate surface area is 364 Å². The first-order chi connectivity index (χ1) is 31.3. The van der Waals surface area contributed by atoms with Crippen LogP contribution in [-0.4, -0.2) is 15.0 Å². The van der Waals surface area contributed by atoms with E-state index in [4.69, 9.17) is 16.8 Å². The summed E-state index contributed by atoms with van der Waals surface area (Å²) in [6, 6.07) is 28.2. The van der Waals surface area contributed by atoms with E-state index in [1.54, 1.807) is 26.8 Å². The van der Waals surface area contributed by atoms with Gasteiger partial charge in [-0.25, -0.2) is 4.98 Å². The Morgan fingerprint density at radius 2 is 1.50 bits per heavy atom. The standard InChI is InChI=1S/C33H31N2O.C18H20N.Ir/c1-20-19-34-28(13-23(20)14-32(2,3)4)26-11-7-10-25-27-12-24-17-33(15-21-8-5-6-9-22(21)16-33)18-29(24)35-31(27)36-30(25)26;1-17(2)12-18(3,4)15-11-19-16(10-14(15)17)13-8-6-5-7-9-13;/h5-10,12-13,19H,14-18H2,1-4H3;5-8,10-11H,12H2,1-4H3;/q2*-1;/i1D3,14D2,15D2,16D2,17D2,18D2;;. The van der Waals surface area contributed by atoms with E-state index in [2.05, 4.69) is 73.1 Å². The molecule has 1 radical (unpaired) electrons. The molecule has 0 bridgehead atoms. The number of aromatic nitrogens is 3. The zero-order valence-electron chi connectivity index (χ0n) is 45.5. The minimum atomic E-state index is -2.97. The maximum atomic E-state index is 9.35. The van der Waals surface area contributed by atoms with Crippen LogP contribution < -0.4 is 0 Å². The number of hydrogen-bond donors (Lipinski definition) is 0. The van der Waals surface area contributed by atoms with Gasteiger partial charge in [0.05, 0.1) is 5.58 Å². The molecule has 7 aromatic rings. The van der Waals surface area contributed by atoms with E-state index in [0.29, 0.717) is 5.39 Å². The second-order valence-electron chi connectivity index (χ2n) is 17.1. The van der Waals surface area contributed by atoms with Gasteiger partial charge in [0.25, 0.3) is 0 Å². The van der Waals surface area contributed by atoms with Crippen molar-refractivity contribution in [3.63, 3.8) is 0 Å². The number of furan rings is 1. The predicted molar refractivity (Wildman–Crippen MR) is 224 cm³/mol. The zero-order chi connectivity index (χ0) is 49.8. The molecule has 5 heteroatoms. The van der Waals surface area contributed by atoms with Gasteiger partial charge in [-0.1, -0.05) is 101 Å². The average molecular weight is 927 g/mol. The van der Waals surface area contributed by atoms with E-state index in [1.807, 2.05) is 18.2 Å². The summed E-state index contributed by atoms with van der Waals surface area (Å²) in [4.78, 5) is 13.5. The topological polar surface area (TPSA) is 51.8 Å². The van der Waals surface area contributed by atoms with Gasteiger partial charge in [-0.15, -0.1) is 54.1 Å². The van der Waals surface area contributed by atoms with Crippen LogP contribution in [0, 0.1) is 29.8 Å². The summed E-state index contributed by atoms with van der Waals surface area (Å²) in [5, 5.41) is 0.640. The largest absolute Gasteiger partial charge is 0.486 e. The Bertz CT molecular complexity index is 3150. The summed E-state index contributed by atoms with van der Waals surface area (Å²) in [7, 11) is 0. The van der Waals surface area contributed by atoms with Crippen LogP contribution in [0.2, 0.25) is 0 Å². The van der Waals surface area contributed by atoms with E-state index in [1.165, 1.54) is 60.0 Å². The number of nitrogens with zero attached hydrogens (tertiary/aromatic N) is 3. The van der Waals surface area contributed by atoms with Gasteiger partial charge in [-0.3, -0.25) is 0 Å². The first-order valence-electron chi connectivity index (χ1n) is 25.2. The molecule has 1 spiro atoms. The van der Waals surface area contributed by atoms with Crippen molar-refractivity contribution < 1.29 is 42.3 Å². The molecule has 0 unspecified atom stereocenters. The molecule has 4 heterocycles. The predicted octanol–water partition coefficient (Wildman–Crippen LogP) is 12.1.